The molecule has 2 atom stereocenters. The summed E-state index contributed by atoms with van der Waals surface area (Å²) in [6.07, 6.45) is 6.11. The van der Waals surface area contributed by atoms with Crippen LogP contribution in [0.2, 0.25) is 0 Å². The first kappa shape index (κ1) is 9.37. The van der Waals surface area contributed by atoms with Gasteiger partial charge >= 0.3 is 0 Å². The third-order valence-corrected chi connectivity index (χ3v) is 3.82. The van der Waals surface area contributed by atoms with Crippen LogP contribution in [0.1, 0.15) is 44.9 Å². The highest BCUT2D eigenvalue weighted by molar-refractivity contribution is 5.08. The molecule has 0 saturated heterocycles. The van der Waals surface area contributed by atoms with Gasteiger partial charge < -0.3 is 4.57 Å². The average Bonchev–Trinajstić information content (AvgIpc) is 2.64. The van der Waals surface area contributed by atoms with Gasteiger partial charge in [-0.05, 0) is 37.0 Å². The predicted octanol–water partition coefficient (Wildman–Crippen LogP) is 2.45. The summed E-state index contributed by atoms with van der Waals surface area (Å²) in [5, 5.41) is 8.39. The van der Waals surface area contributed by atoms with Gasteiger partial charge in [-0.25, -0.2) is 0 Å². The van der Waals surface area contributed by atoms with Gasteiger partial charge in [0.1, 0.15) is 12.2 Å². The molecule has 82 valence electrons. The largest absolute Gasteiger partial charge is 0.317 e. The highest BCUT2D eigenvalue weighted by Gasteiger charge is 2.47. The molecule has 2 aliphatic rings. The van der Waals surface area contributed by atoms with E-state index in [4.69, 9.17) is 0 Å². The van der Waals surface area contributed by atoms with Crippen LogP contribution in [0.5, 0.6) is 0 Å². The van der Waals surface area contributed by atoms with Gasteiger partial charge in [0.15, 0.2) is 0 Å². The number of aromatic nitrogens is 3. The Balaban J connectivity index is 1.76. The Hall–Kier alpha value is -0.860. The average molecular weight is 205 g/mol. The van der Waals surface area contributed by atoms with Crippen LogP contribution in [0.4, 0.5) is 0 Å². The molecule has 1 heterocycles. The normalized spacial score (nSPS) is 33.4. The van der Waals surface area contributed by atoms with Crippen LogP contribution in [0.15, 0.2) is 6.33 Å². The Morgan fingerprint density at radius 3 is 2.73 bits per heavy atom. The van der Waals surface area contributed by atoms with E-state index in [1.54, 1.807) is 0 Å². The van der Waals surface area contributed by atoms with Crippen LogP contribution in [0, 0.1) is 17.8 Å². The molecule has 3 rings (SSSR count). The first-order chi connectivity index (χ1) is 7.24. The highest BCUT2D eigenvalue weighted by atomic mass is 15.3. The summed E-state index contributed by atoms with van der Waals surface area (Å²) in [5.74, 6) is 4.68. The lowest BCUT2D eigenvalue weighted by molar-refractivity contribution is 0.476. The van der Waals surface area contributed by atoms with Gasteiger partial charge in [0.05, 0.1) is 0 Å². The van der Waals surface area contributed by atoms with Gasteiger partial charge in [-0.15, -0.1) is 10.2 Å². The standard InChI is InChI=1S/C12H19N3/c1-8(2)6-15-7-13-14-12(15)11-4-9-3-10(9)5-11/h7-11H,3-6H2,1-2H3. The Bertz CT molecular complexity index is 346. The fourth-order valence-corrected chi connectivity index (χ4v) is 3.04. The smallest absolute Gasteiger partial charge is 0.135 e. The minimum Gasteiger partial charge on any atom is -0.317 e. The van der Waals surface area contributed by atoms with Gasteiger partial charge in [-0.3, -0.25) is 0 Å². The topological polar surface area (TPSA) is 30.7 Å². The fraction of sp³-hybridized carbons (Fsp3) is 0.833. The lowest BCUT2D eigenvalue weighted by Crippen LogP contribution is -2.11. The second-order valence-electron chi connectivity index (χ2n) is 5.66. The van der Waals surface area contributed by atoms with Crippen LogP contribution in [0.3, 0.4) is 0 Å². The maximum atomic E-state index is 4.32. The van der Waals surface area contributed by atoms with Crippen molar-refractivity contribution in [2.24, 2.45) is 17.8 Å². The van der Waals surface area contributed by atoms with E-state index in [9.17, 15) is 0 Å². The van der Waals surface area contributed by atoms with E-state index in [-0.39, 0.29) is 0 Å². The molecule has 0 aliphatic heterocycles. The van der Waals surface area contributed by atoms with Crippen LogP contribution in [-0.4, -0.2) is 14.8 Å². The lowest BCUT2D eigenvalue weighted by Gasteiger charge is -2.14. The molecule has 0 amide bonds. The summed E-state index contributed by atoms with van der Waals surface area (Å²) >= 11 is 0. The third kappa shape index (κ3) is 1.68. The van der Waals surface area contributed by atoms with E-state index in [2.05, 4.69) is 28.6 Å². The Kier molecular flexibility index (Phi) is 2.08. The number of hydrogen-bond acceptors (Lipinski definition) is 2. The first-order valence-electron chi connectivity index (χ1n) is 6.11. The number of rotatable bonds is 3. The Morgan fingerprint density at radius 1 is 1.33 bits per heavy atom. The van der Waals surface area contributed by atoms with Crippen LogP contribution in [0.25, 0.3) is 0 Å². The van der Waals surface area contributed by atoms with Crippen molar-refractivity contribution in [3.8, 4) is 0 Å². The second kappa shape index (κ2) is 3.32. The molecule has 1 aromatic heterocycles. The van der Waals surface area contributed by atoms with Crippen molar-refractivity contribution in [3.05, 3.63) is 12.2 Å². The number of nitrogens with zero attached hydrogens (tertiary/aromatic N) is 3. The third-order valence-electron chi connectivity index (χ3n) is 3.82. The molecule has 2 fully saturated rings. The molecule has 1 aromatic rings. The molecule has 0 radical (unpaired) electrons. The molecular weight excluding hydrogens is 186 g/mol. The molecule has 2 unspecified atom stereocenters. The summed E-state index contributed by atoms with van der Waals surface area (Å²) in [6, 6.07) is 0. The van der Waals surface area contributed by atoms with Crippen LogP contribution >= 0.6 is 0 Å². The zero-order valence-corrected chi connectivity index (χ0v) is 9.56. The van der Waals surface area contributed by atoms with Gasteiger partial charge in [0.25, 0.3) is 0 Å². The van der Waals surface area contributed by atoms with Crippen molar-refractivity contribution < 1.29 is 0 Å². The zero-order valence-electron chi connectivity index (χ0n) is 9.56. The van der Waals surface area contributed by atoms with Crippen LogP contribution in [-0.2, 0) is 6.54 Å². The molecule has 0 aromatic carbocycles. The Labute approximate surface area is 90.9 Å². The Morgan fingerprint density at radius 2 is 2.07 bits per heavy atom. The van der Waals surface area contributed by atoms with Crippen molar-refractivity contribution in [1.82, 2.24) is 14.8 Å². The van der Waals surface area contributed by atoms with Gasteiger partial charge in [0, 0.05) is 12.5 Å². The van der Waals surface area contributed by atoms with E-state index in [0.717, 1.165) is 18.4 Å². The maximum absolute atomic E-state index is 4.32. The zero-order chi connectivity index (χ0) is 10.4. The van der Waals surface area contributed by atoms with Crippen molar-refractivity contribution in [2.75, 3.05) is 0 Å². The summed E-state index contributed by atoms with van der Waals surface area (Å²) in [6.45, 7) is 5.56. The molecule has 0 N–H and O–H groups in total. The molecule has 3 heteroatoms. The quantitative estimate of drug-likeness (QED) is 0.759. The second-order valence-corrected chi connectivity index (χ2v) is 5.66. The van der Waals surface area contributed by atoms with E-state index in [1.165, 1.54) is 25.1 Å². The van der Waals surface area contributed by atoms with Crippen LogP contribution < -0.4 is 0 Å². The maximum Gasteiger partial charge on any atom is 0.135 e. The van der Waals surface area contributed by atoms with Gasteiger partial charge in [-0.2, -0.15) is 0 Å². The van der Waals surface area contributed by atoms with E-state index >= 15 is 0 Å². The van der Waals surface area contributed by atoms with Gasteiger partial charge in [-0.1, -0.05) is 13.8 Å². The van der Waals surface area contributed by atoms with Crippen molar-refractivity contribution >= 4 is 0 Å². The summed E-state index contributed by atoms with van der Waals surface area (Å²) < 4.78 is 2.26. The summed E-state index contributed by atoms with van der Waals surface area (Å²) in [7, 11) is 0. The molecule has 0 bridgehead atoms. The molecule has 15 heavy (non-hydrogen) atoms. The minimum atomic E-state index is 0.677. The molecular formula is C12H19N3. The SMILES string of the molecule is CC(C)Cn1cnnc1C1CC2CC2C1. The first-order valence-corrected chi connectivity index (χ1v) is 6.11. The monoisotopic (exact) mass is 205 g/mol. The van der Waals surface area contributed by atoms with E-state index < -0.39 is 0 Å². The van der Waals surface area contributed by atoms with Crippen molar-refractivity contribution in [2.45, 2.75) is 45.6 Å². The molecule has 0 spiro atoms. The molecule has 3 nitrogen and oxygen atoms in total. The highest BCUT2D eigenvalue weighted by Crippen LogP contribution is 2.57. The van der Waals surface area contributed by atoms with Crippen molar-refractivity contribution in [1.29, 1.82) is 0 Å². The number of hydrogen-bond donors (Lipinski definition) is 0. The summed E-state index contributed by atoms with van der Waals surface area (Å²) in [4.78, 5) is 0. The van der Waals surface area contributed by atoms with Gasteiger partial charge in [0.2, 0.25) is 0 Å². The lowest BCUT2D eigenvalue weighted by atomic mass is 10.0. The minimum absolute atomic E-state index is 0.677. The predicted molar refractivity (Wildman–Crippen MR) is 58.4 cm³/mol. The molecule has 2 aliphatic carbocycles. The van der Waals surface area contributed by atoms with Crippen molar-refractivity contribution in [3.63, 3.8) is 0 Å². The number of fused-ring (bicyclic) bond motifs is 1. The van der Waals surface area contributed by atoms with E-state index in [1.807, 2.05) is 6.33 Å². The summed E-state index contributed by atoms with van der Waals surface area (Å²) in [5.41, 5.74) is 0. The van der Waals surface area contributed by atoms with E-state index in [0.29, 0.717) is 11.8 Å². The molecule has 2 saturated carbocycles. The fourth-order valence-electron chi connectivity index (χ4n) is 3.04.